The SMILES string of the molecule is COc1ccc2ncc(CN)c(CCCC3(CO)CCN(CCCc4ccccc4)CC3)c2c1. The molecule has 34 heavy (non-hydrogen) atoms. The van der Waals surface area contributed by atoms with Gasteiger partial charge in [0.15, 0.2) is 0 Å². The number of aliphatic hydroxyl groups excluding tert-OH is 1. The van der Waals surface area contributed by atoms with Gasteiger partial charge in [-0.1, -0.05) is 30.3 Å². The topological polar surface area (TPSA) is 71.6 Å². The van der Waals surface area contributed by atoms with Crippen LogP contribution in [0.15, 0.2) is 54.7 Å². The highest BCUT2D eigenvalue weighted by Crippen LogP contribution is 2.37. The van der Waals surface area contributed by atoms with Gasteiger partial charge < -0.3 is 20.5 Å². The second-order valence-corrected chi connectivity index (χ2v) is 9.79. The molecule has 1 fully saturated rings. The fourth-order valence-corrected chi connectivity index (χ4v) is 5.40. The molecule has 2 aromatic carbocycles. The van der Waals surface area contributed by atoms with Crippen LogP contribution < -0.4 is 10.5 Å². The van der Waals surface area contributed by atoms with E-state index in [0.717, 1.165) is 80.4 Å². The lowest BCUT2D eigenvalue weighted by Gasteiger charge is -2.41. The maximum absolute atomic E-state index is 10.3. The highest BCUT2D eigenvalue weighted by Gasteiger charge is 2.33. The lowest BCUT2D eigenvalue weighted by Crippen LogP contribution is -2.42. The smallest absolute Gasteiger partial charge is 0.119 e. The van der Waals surface area contributed by atoms with E-state index < -0.39 is 0 Å². The summed E-state index contributed by atoms with van der Waals surface area (Å²) in [6.45, 7) is 4.07. The van der Waals surface area contributed by atoms with Crippen molar-refractivity contribution in [2.75, 3.05) is 33.4 Å². The third-order valence-electron chi connectivity index (χ3n) is 7.66. The van der Waals surface area contributed by atoms with Crippen molar-refractivity contribution in [3.63, 3.8) is 0 Å². The number of likely N-dealkylation sites (tertiary alicyclic amines) is 1. The van der Waals surface area contributed by atoms with Gasteiger partial charge in [0.25, 0.3) is 0 Å². The maximum Gasteiger partial charge on any atom is 0.119 e. The number of hydrogen-bond acceptors (Lipinski definition) is 5. The van der Waals surface area contributed by atoms with Crippen LogP contribution in [0.25, 0.3) is 10.9 Å². The van der Waals surface area contributed by atoms with Crippen molar-refractivity contribution in [3.8, 4) is 5.75 Å². The number of rotatable bonds is 11. The molecule has 0 amide bonds. The monoisotopic (exact) mass is 461 g/mol. The molecule has 0 atom stereocenters. The zero-order valence-electron chi connectivity index (χ0n) is 20.5. The van der Waals surface area contributed by atoms with Crippen LogP contribution >= 0.6 is 0 Å². The number of aromatic nitrogens is 1. The average Bonchev–Trinajstić information content (AvgIpc) is 2.90. The molecule has 1 aliphatic rings. The molecule has 0 bridgehead atoms. The predicted octanol–water partition coefficient (Wildman–Crippen LogP) is 4.73. The zero-order chi connectivity index (χ0) is 23.8. The Balaban J connectivity index is 1.32. The van der Waals surface area contributed by atoms with Gasteiger partial charge in [0.1, 0.15) is 5.75 Å². The number of hydrogen-bond donors (Lipinski definition) is 2. The Bertz CT molecular complexity index is 1040. The molecular formula is C29H39N3O2. The van der Waals surface area contributed by atoms with Crippen LogP contribution in [0.1, 0.15) is 48.8 Å². The molecule has 0 unspecified atom stereocenters. The molecule has 4 rings (SSSR count). The Morgan fingerprint density at radius 2 is 1.85 bits per heavy atom. The zero-order valence-corrected chi connectivity index (χ0v) is 20.5. The highest BCUT2D eigenvalue weighted by atomic mass is 16.5. The number of ether oxygens (including phenoxy) is 1. The van der Waals surface area contributed by atoms with Gasteiger partial charge in [-0.15, -0.1) is 0 Å². The molecule has 0 saturated carbocycles. The van der Waals surface area contributed by atoms with Crippen molar-refractivity contribution in [3.05, 3.63) is 71.4 Å². The van der Waals surface area contributed by atoms with Crippen molar-refractivity contribution >= 4 is 10.9 Å². The molecule has 2 heterocycles. The van der Waals surface area contributed by atoms with E-state index in [1.54, 1.807) is 7.11 Å². The maximum atomic E-state index is 10.3. The molecule has 3 N–H and O–H groups in total. The molecule has 0 spiro atoms. The Labute approximate surface area is 204 Å². The van der Waals surface area contributed by atoms with E-state index in [2.05, 4.69) is 46.3 Å². The minimum absolute atomic E-state index is 0.0410. The minimum atomic E-state index is 0.0410. The lowest BCUT2D eigenvalue weighted by molar-refractivity contribution is 0.0353. The van der Waals surface area contributed by atoms with Gasteiger partial charge in [-0.25, -0.2) is 0 Å². The summed E-state index contributed by atoms with van der Waals surface area (Å²) in [6, 6.07) is 16.8. The first-order valence-electron chi connectivity index (χ1n) is 12.7. The van der Waals surface area contributed by atoms with E-state index in [1.807, 2.05) is 18.3 Å². The fourth-order valence-electron chi connectivity index (χ4n) is 5.40. The van der Waals surface area contributed by atoms with Crippen molar-refractivity contribution in [1.29, 1.82) is 0 Å². The van der Waals surface area contributed by atoms with E-state index in [9.17, 15) is 5.11 Å². The van der Waals surface area contributed by atoms with E-state index in [4.69, 9.17) is 10.5 Å². The van der Waals surface area contributed by atoms with E-state index in [-0.39, 0.29) is 12.0 Å². The third kappa shape index (κ3) is 5.96. The van der Waals surface area contributed by atoms with Crippen molar-refractivity contribution in [2.45, 2.75) is 51.5 Å². The minimum Gasteiger partial charge on any atom is -0.497 e. The largest absolute Gasteiger partial charge is 0.497 e. The molecule has 5 heteroatoms. The Kier molecular flexibility index (Phi) is 8.54. The summed E-state index contributed by atoms with van der Waals surface area (Å²) in [5.74, 6) is 0.844. The molecule has 5 nitrogen and oxygen atoms in total. The molecule has 1 saturated heterocycles. The number of nitrogens with zero attached hydrogens (tertiary/aromatic N) is 2. The summed E-state index contributed by atoms with van der Waals surface area (Å²) in [4.78, 5) is 7.16. The first-order valence-corrected chi connectivity index (χ1v) is 12.7. The van der Waals surface area contributed by atoms with Gasteiger partial charge in [-0.2, -0.15) is 0 Å². The molecular weight excluding hydrogens is 422 g/mol. The number of aryl methyl sites for hydroxylation is 2. The Morgan fingerprint density at radius 3 is 2.56 bits per heavy atom. The van der Waals surface area contributed by atoms with Crippen molar-refractivity contribution in [1.82, 2.24) is 9.88 Å². The van der Waals surface area contributed by atoms with Crippen LogP contribution in [-0.2, 0) is 19.4 Å². The quantitative estimate of drug-likeness (QED) is 0.432. The summed E-state index contributed by atoms with van der Waals surface area (Å²) < 4.78 is 5.45. The van der Waals surface area contributed by atoms with Gasteiger partial charge in [0.05, 0.1) is 12.6 Å². The summed E-state index contributed by atoms with van der Waals surface area (Å²) in [5.41, 5.74) is 10.9. The molecule has 3 aromatic rings. The van der Waals surface area contributed by atoms with E-state index in [0.29, 0.717) is 6.54 Å². The average molecular weight is 462 g/mol. The first kappa shape index (κ1) is 24.6. The molecule has 1 aromatic heterocycles. The normalized spacial score (nSPS) is 16.1. The van der Waals surface area contributed by atoms with Crippen LogP contribution in [0, 0.1) is 5.41 Å². The lowest BCUT2D eigenvalue weighted by atomic mass is 9.74. The number of benzene rings is 2. The number of aliphatic hydroxyl groups is 1. The fraction of sp³-hybridized carbons (Fsp3) is 0.483. The van der Waals surface area contributed by atoms with Gasteiger partial charge in [0, 0.05) is 24.7 Å². The van der Waals surface area contributed by atoms with Crippen LogP contribution in [-0.4, -0.2) is 48.3 Å². The standard InChI is InChI=1S/C29H39N3O2/c1-34-25-11-12-28-27(19-25)26(24(20-30)21-31-28)10-5-13-29(22-33)14-17-32(18-15-29)16-6-9-23-7-3-2-4-8-23/h2-4,7-8,11-12,19,21,33H,5-6,9-10,13-18,20,22,30H2,1H3. The van der Waals surface area contributed by atoms with Crippen LogP contribution in [0.2, 0.25) is 0 Å². The van der Waals surface area contributed by atoms with Crippen molar-refractivity contribution < 1.29 is 9.84 Å². The van der Waals surface area contributed by atoms with Gasteiger partial charge in [-0.05, 0) is 105 Å². The number of nitrogens with two attached hydrogens (primary N) is 1. The number of pyridine rings is 1. The second-order valence-electron chi connectivity index (χ2n) is 9.79. The second kappa shape index (κ2) is 11.8. The van der Waals surface area contributed by atoms with Gasteiger partial charge in [0.2, 0.25) is 0 Å². The summed E-state index contributed by atoms with van der Waals surface area (Å²) in [7, 11) is 1.69. The molecule has 1 aliphatic heterocycles. The van der Waals surface area contributed by atoms with E-state index >= 15 is 0 Å². The summed E-state index contributed by atoms with van der Waals surface area (Å²) in [5, 5.41) is 11.5. The van der Waals surface area contributed by atoms with E-state index in [1.165, 1.54) is 17.5 Å². The third-order valence-corrected chi connectivity index (χ3v) is 7.66. The number of methoxy groups -OCH3 is 1. The Hall–Kier alpha value is -2.47. The summed E-state index contributed by atoms with van der Waals surface area (Å²) >= 11 is 0. The number of fused-ring (bicyclic) bond motifs is 1. The molecule has 0 aliphatic carbocycles. The van der Waals surface area contributed by atoms with Crippen molar-refractivity contribution in [2.24, 2.45) is 11.1 Å². The molecule has 0 radical (unpaired) electrons. The van der Waals surface area contributed by atoms with Gasteiger partial charge >= 0.3 is 0 Å². The molecule has 182 valence electrons. The summed E-state index contributed by atoms with van der Waals surface area (Å²) in [6.07, 6.45) is 9.42. The predicted molar refractivity (Wildman–Crippen MR) is 139 cm³/mol. The number of piperidine rings is 1. The van der Waals surface area contributed by atoms with Gasteiger partial charge in [-0.3, -0.25) is 4.98 Å². The van der Waals surface area contributed by atoms with Crippen LogP contribution in [0.3, 0.4) is 0 Å². The van der Waals surface area contributed by atoms with Crippen LogP contribution in [0.5, 0.6) is 5.75 Å². The van der Waals surface area contributed by atoms with Crippen LogP contribution in [0.4, 0.5) is 0 Å². The first-order chi connectivity index (χ1) is 16.7. The highest BCUT2D eigenvalue weighted by molar-refractivity contribution is 5.84. The Morgan fingerprint density at radius 1 is 1.06 bits per heavy atom.